The molecule has 0 amide bonds. The van der Waals surface area contributed by atoms with Crippen molar-refractivity contribution in [3.8, 4) is 0 Å². The second-order valence-electron chi connectivity index (χ2n) is 3.95. The first-order chi connectivity index (χ1) is 7.29. The van der Waals surface area contributed by atoms with Gasteiger partial charge in [-0.05, 0) is 30.5 Å². The van der Waals surface area contributed by atoms with Gasteiger partial charge >= 0.3 is 0 Å². The average Bonchev–Trinajstić information content (AvgIpc) is 2.30. The van der Waals surface area contributed by atoms with Crippen molar-refractivity contribution in [1.29, 1.82) is 0 Å². The predicted octanol–water partition coefficient (Wildman–Crippen LogP) is 2.89. The van der Waals surface area contributed by atoms with Crippen LogP contribution in [0.1, 0.15) is 24.4 Å². The summed E-state index contributed by atoms with van der Waals surface area (Å²) in [5, 5.41) is 3.52. The number of rotatable bonds is 2. The number of ether oxygens (including phenoxy) is 1. The van der Waals surface area contributed by atoms with Gasteiger partial charge < -0.3 is 10.1 Å². The Hall–Kier alpha value is -0.380. The highest BCUT2D eigenvalue weighted by atomic mass is 79.9. The lowest BCUT2D eigenvalue weighted by Gasteiger charge is -2.29. The van der Waals surface area contributed by atoms with Crippen molar-refractivity contribution in [2.75, 3.05) is 13.7 Å². The zero-order valence-electron chi connectivity index (χ0n) is 8.87. The van der Waals surface area contributed by atoms with Gasteiger partial charge in [-0.25, -0.2) is 0 Å². The number of halogens is 1. The molecular weight excluding hydrogens is 254 g/mol. The Bertz CT molecular complexity index is 304. The molecule has 2 rings (SSSR count). The molecule has 1 aliphatic heterocycles. The molecule has 0 saturated carbocycles. The summed E-state index contributed by atoms with van der Waals surface area (Å²) >= 11 is 3.45. The number of piperidine rings is 1. The van der Waals surface area contributed by atoms with Crippen molar-refractivity contribution in [3.05, 3.63) is 34.3 Å². The normalized spacial score (nSPS) is 26.5. The van der Waals surface area contributed by atoms with Crippen LogP contribution >= 0.6 is 15.9 Å². The number of benzene rings is 1. The van der Waals surface area contributed by atoms with E-state index in [1.807, 2.05) is 0 Å². The van der Waals surface area contributed by atoms with E-state index in [1.165, 1.54) is 5.56 Å². The highest BCUT2D eigenvalue weighted by Crippen LogP contribution is 2.25. The van der Waals surface area contributed by atoms with E-state index in [4.69, 9.17) is 4.74 Å². The zero-order chi connectivity index (χ0) is 10.7. The topological polar surface area (TPSA) is 21.3 Å². The van der Waals surface area contributed by atoms with E-state index in [-0.39, 0.29) is 0 Å². The van der Waals surface area contributed by atoms with Crippen LogP contribution in [0.25, 0.3) is 0 Å². The maximum atomic E-state index is 5.32. The largest absolute Gasteiger partial charge is 0.380 e. The van der Waals surface area contributed by atoms with E-state index in [9.17, 15) is 0 Å². The van der Waals surface area contributed by atoms with Gasteiger partial charge in [0.2, 0.25) is 0 Å². The Morgan fingerprint density at radius 3 is 2.53 bits per heavy atom. The molecule has 0 spiro atoms. The minimum Gasteiger partial charge on any atom is -0.380 e. The van der Waals surface area contributed by atoms with Crippen LogP contribution < -0.4 is 5.32 Å². The second kappa shape index (κ2) is 5.10. The highest BCUT2D eigenvalue weighted by Gasteiger charge is 2.20. The summed E-state index contributed by atoms with van der Waals surface area (Å²) in [5.74, 6) is 0. The summed E-state index contributed by atoms with van der Waals surface area (Å²) in [6.07, 6.45) is 2.68. The summed E-state index contributed by atoms with van der Waals surface area (Å²) in [5.41, 5.74) is 1.37. The summed E-state index contributed by atoms with van der Waals surface area (Å²) in [7, 11) is 1.78. The molecule has 15 heavy (non-hydrogen) atoms. The molecule has 1 N–H and O–H groups in total. The second-order valence-corrected chi connectivity index (χ2v) is 4.86. The summed E-state index contributed by atoms with van der Waals surface area (Å²) in [6.45, 7) is 0.956. The first-order valence-electron chi connectivity index (χ1n) is 5.31. The summed E-state index contributed by atoms with van der Waals surface area (Å²) in [4.78, 5) is 0. The number of nitrogens with one attached hydrogen (secondary N) is 1. The van der Waals surface area contributed by atoms with Crippen LogP contribution in [0.4, 0.5) is 0 Å². The van der Waals surface area contributed by atoms with E-state index < -0.39 is 0 Å². The fourth-order valence-corrected chi connectivity index (χ4v) is 2.28. The fraction of sp³-hybridized carbons (Fsp3) is 0.500. The Kier molecular flexibility index (Phi) is 3.78. The third-order valence-corrected chi connectivity index (χ3v) is 3.50. The smallest absolute Gasteiger partial charge is 0.0696 e. The molecule has 3 heteroatoms. The third-order valence-electron chi connectivity index (χ3n) is 2.97. The van der Waals surface area contributed by atoms with Crippen molar-refractivity contribution in [2.45, 2.75) is 25.0 Å². The predicted molar refractivity (Wildman–Crippen MR) is 64.9 cm³/mol. The maximum Gasteiger partial charge on any atom is 0.0696 e. The molecule has 1 aliphatic rings. The van der Waals surface area contributed by atoms with E-state index in [0.717, 1.165) is 23.9 Å². The van der Waals surface area contributed by atoms with Crippen LogP contribution in [0.5, 0.6) is 0 Å². The Balaban J connectivity index is 1.98. The standard InChI is InChI=1S/C12H16BrNO/c1-15-11-6-7-12(14-8-11)9-2-4-10(13)5-3-9/h2-5,11-12,14H,6-8H2,1H3. The van der Waals surface area contributed by atoms with Gasteiger partial charge in [0.15, 0.2) is 0 Å². The van der Waals surface area contributed by atoms with Gasteiger partial charge in [-0.2, -0.15) is 0 Å². The maximum absolute atomic E-state index is 5.32. The molecule has 82 valence electrons. The molecule has 0 bridgehead atoms. The average molecular weight is 270 g/mol. The molecule has 2 nitrogen and oxygen atoms in total. The van der Waals surface area contributed by atoms with Gasteiger partial charge in [0, 0.05) is 24.2 Å². The number of hydrogen-bond acceptors (Lipinski definition) is 2. The summed E-state index contributed by atoms with van der Waals surface area (Å²) < 4.78 is 6.46. The van der Waals surface area contributed by atoms with Crippen molar-refractivity contribution in [1.82, 2.24) is 5.32 Å². The van der Waals surface area contributed by atoms with Gasteiger partial charge in [-0.15, -0.1) is 0 Å². The molecule has 0 aliphatic carbocycles. The van der Waals surface area contributed by atoms with Gasteiger partial charge in [0.25, 0.3) is 0 Å². The minimum atomic E-state index is 0.386. The lowest BCUT2D eigenvalue weighted by molar-refractivity contribution is 0.0705. The first kappa shape index (κ1) is 11.1. The van der Waals surface area contributed by atoms with E-state index in [0.29, 0.717) is 12.1 Å². The molecule has 1 aromatic carbocycles. The molecule has 1 saturated heterocycles. The van der Waals surface area contributed by atoms with Crippen LogP contribution in [0, 0.1) is 0 Å². The third kappa shape index (κ3) is 2.80. The Morgan fingerprint density at radius 1 is 1.27 bits per heavy atom. The molecule has 1 heterocycles. The highest BCUT2D eigenvalue weighted by molar-refractivity contribution is 9.10. The fourth-order valence-electron chi connectivity index (χ4n) is 2.01. The lowest BCUT2D eigenvalue weighted by Crippen LogP contribution is -2.37. The summed E-state index contributed by atoms with van der Waals surface area (Å²) in [6, 6.07) is 9.03. The van der Waals surface area contributed by atoms with Gasteiger partial charge in [-0.3, -0.25) is 0 Å². The molecule has 1 fully saturated rings. The van der Waals surface area contributed by atoms with Gasteiger partial charge in [0.1, 0.15) is 0 Å². The van der Waals surface area contributed by atoms with Crippen molar-refractivity contribution >= 4 is 15.9 Å². The number of methoxy groups -OCH3 is 1. The Morgan fingerprint density at radius 2 is 2.00 bits per heavy atom. The SMILES string of the molecule is COC1CCC(c2ccc(Br)cc2)NC1. The molecule has 1 aromatic rings. The quantitative estimate of drug-likeness (QED) is 0.892. The molecule has 0 radical (unpaired) electrons. The van der Waals surface area contributed by atoms with Crippen LogP contribution in [-0.4, -0.2) is 19.8 Å². The molecule has 2 unspecified atom stereocenters. The molecule has 0 aromatic heterocycles. The monoisotopic (exact) mass is 269 g/mol. The molecule has 2 atom stereocenters. The van der Waals surface area contributed by atoms with E-state index >= 15 is 0 Å². The Labute approximate surface area is 99.1 Å². The van der Waals surface area contributed by atoms with Gasteiger partial charge in [-0.1, -0.05) is 28.1 Å². The van der Waals surface area contributed by atoms with Crippen LogP contribution in [-0.2, 0) is 4.74 Å². The van der Waals surface area contributed by atoms with Crippen LogP contribution in [0.15, 0.2) is 28.7 Å². The van der Waals surface area contributed by atoms with E-state index in [2.05, 4.69) is 45.5 Å². The number of hydrogen-bond donors (Lipinski definition) is 1. The minimum absolute atomic E-state index is 0.386. The van der Waals surface area contributed by atoms with Crippen LogP contribution in [0.3, 0.4) is 0 Å². The van der Waals surface area contributed by atoms with Crippen molar-refractivity contribution < 1.29 is 4.74 Å². The van der Waals surface area contributed by atoms with Crippen LogP contribution in [0.2, 0.25) is 0 Å². The van der Waals surface area contributed by atoms with Crippen molar-refractivity contribution in [2.24, 2.45) is 0 Å². The lowest BCUT2D eigenvalue weighted by atomic mass is 9.96. The van der Waals surface area contributed by atoms with Crippen molar-refractivity contribution in [3.63, 3.8) is 0 Å². The molecular formula is C12H16BrNO. The zero-order valence-corrected chi connectivity index (χ0v) is 10.5. The van der Waals surface area contributed by atoms with Gasteiger partial charge in [0.05, 0.1) is 6.10 Å². The van der Waals surface area contributed by atoms with E-state index in [1.54, 1.807) is 7.11 Å². The first-order valence-corrected chi connectivity index (χ1v) is 6.10.